The van der Waals surface area contributed by atoms with Crippen molar-refractivity contribution in [1.82, 2.24) is 4.98 Å². The molecule has 0 unspecified atom stereocenters. The van der Waals surface area contributed by atoms with E-state index in [1.54, 1.807) is 6.07 Å². The van der Waals surface area contributed by atoms with Gasteiger partial charge in [-0.1, -0.05) is 23.7 Å². The van der Waals surface area contributed by atoms with Crippen molar-refractivity contribution >= 4 is 22.5 Å². The van der Waals surface area contributed by atoms with Crippen LogP contribution in [0.4, 0.5) is 0 Å². The first-order valence-corrected chi connectivity index (χ1v) is 5.03. The Balaban J connectivity index is 2.97. The second-order valence-corrected chi connectivity index (χ2v) is 3.83. The number of halogens is 1. The molecule has 3 nitrogen and oxygen atoms in total. The lowest BCUT2D eigenvalue weighted by Crippen LogP contribution is -2.18. The van der Waals surface area contributed by atoms with E-state index in [1.165, 1.54) is 0 Å². The Kier molecular flexibility index (Phi) is 2.50. The van der Waals surface area contributed by atoms with Crippen LogP contribution >= 0.6 is 11.6 Å². The second-order valence-electron chi connectivity index (χ2n) is 3.42. The van der Waals surface area contributed by atoms with Gasteiger partial charge in [-0.3, -0.25) is 4.79 Å². The van der Waals surface area contributed by atoms with E-state index < -0.39 is 0 Å². The molecule has 0 radical (unpaired) electrons. The molecule has 2 rings (SSSR count). The van der Waals surface area contributed by atoms with Crippen LogP contribution in [0, 0.1) is 6.92 Å². The normalized spacial score (nSPS) is 10.9. The average Bonchev–Trinajstić information content (AvgIpc) is 2.20. The van der Waals surface area contributed by atoms with E-state index in [9.17, 15) is 4.79 Å². The molecule has 0 bridgehead atoms. The maximum Gasteiger partial charge on any atom is 0.253 e. The summed E-state index contributed by atoms with van der Waals surface area (Å²) >= 11 is 6.00. The topological polar surface area (TPSA) is 58.9 Å². The van der Waals surface area contributed by atoms with Crippen LogP contribution in [0.1, 0.15) is 11.1 Å². The number of benzene rings is 1. The van der Waals surface area contributed by atoms with Gasteiger partial charge in [-0.15, -0.1) is 0 Å². The summed E-state index contributed by atoms with van der Waals surface area (Å²) in [6, 6.07) is 5.53. The molecule has 0 spiro atoms. The number of aryl methyl sites for hydroxylation is 1. The summed E-state index contributed by atoms with van der Waals surface area (Å²) in [5.41, 5.74) is 7.57. The molecule has 0 atom stereocenters. The van der Waals surface area contributed by atoms with Crippen molar-refractivity contribution in [3.05, 3.63) is 44.7 Å². The minimum Gasteiger partial charge on any atom is -0.326 e. The molecule has 0 saturated carbocycles. The van der Waals surface area contributed by atoms with Gasteiger partial charge >= 0.3 is 0 Å². The second kappa shape index (κ2) is 3.68. The van der Waals surface area contributed by atoms with E-state index in [-0.39, 0.29) is 12.1 Å². The zero-order valence-electron chi connectivity index (χ0n) is 8.30. The van der Waals surface area contributed by atoms with Crippen LogP contribution < -0.4 is 11.3 Å². The summed E-state index contributed by atoms with van der Waals surface area (Å²) in [5, 5.41) is 1.50. The number of hydrogen-bond acceptors (Lipinski definition) is 2. The van der Waals surface area contributed by atoms with Crippen molar-refractivity contribution in [2.24, 2.45) is 5.73 Å². The number of nitrogens with one attached hydrogen (secondary N) is 1. The molecule has 3 N–H and O–H groups in total. The van der Waals surface area contributed by atoms with Crippen LogP contribution in [-0.2, 0) is 6.54 Å². The Hall–Kier alpha value is -1.32. The fourth-order valence-electron chi connectivity index (χ4n) is 1.73. The van der Waals surface area contributed by atoms with Gasteiger partial charge < -0.3 is 10.7 Å². The number of aromatic amines is 1. The van der Waals surface area contributed by atoms with E-state index in [1.807, 2.05) is 19.1 Å². The highest BCUT2D eigenvalue weighted by Gasteiger charge is 2.08. The molecule has 1 aromatic heterocycles. The molecule has 1 heterocycles. The molecule has 0 amide bonds. The SMILES string of the molecule is Cc1c(CN)c(=O)[nH]c2c(Cl)cccc12. The van der Waals surface area contributed by atoms with E-state index in [2.05, 4.69) is 4.98 Å². The predicted octanol–water partition coefficient (Wildman–Crippen LogP) is 1.95. The van der Waals surface area contributed by atoms with E-state index in [4.69, 9.17) is 17.3 Å². The van der Waals surface area contributed by atoms with Crippen molar-refractivity contribution in [3.8, 4) is 0 Å². The monoisotopic (exact) mass is 222 g/mol. The van der Waals surface area contributed by atoms with Gasteiger partial charge in [0.15, 0.2) is 0 Å². The summed E-state index contributed by atoms with van der Waals surface area (Å²) in [7, 11) is 0. The molecule has 1 aromatic carbocycles. The first-order chi connectivity index (χ1) is 7.15. The van der Waals surface area contributed by atoms with Gasteiger partial charge in [-0.25, -0.2) is 0 Å². The fraction of sp³-hybridized carbons (Fsp3) is 0.182. The number of nitrogens with two attached hydrogens (primary N) is 1. The van der Waals surface area contributed by atoms with Crippen molar-refractivity contribution in [1.29, 1.82) is 0 Å². The summed E-state index contributed by atoms with van der Waals surface area (Å²) in [4.78, 5) is 14.4. The average molecular weight is 223 g/mol. The highest BCUT2D eigenvalue weighted by Crippen LogP contribution is 2.23. The smallest absolute Gasteiger partial charge is 0.253 e. The number of pyridine rings is 1. The zero-order chi connectivity index (χ0) is 11.0. The number of rotatable bonds is 1. The molecule has 0 aliphatic heterocycles. The highest BCUT2D eigenvalue weighted by molar-refractivity contribution is 6.35. The van der Waals surface area contributed by atoms with Crippen molar-refractivity contribution in [2.75, 3.05) is 0 Å². The van der Waals surface area contributed by atoms with Crippen molar-refractivity contribution < 1.29 is 0 Å². The number of H-pyrrole nitrogens is 1. The third-order valence-corrected chi connectivity index (χ3v) is 2.90. The lowest BCUT2D eigenvalue weighted by molar-refractivity contribution is 1.01. The first kappa shape index (κ1) is 10.2. The van der Waals surface area contributed by atoms with E-state index >= 15 is 0 Å². The van der Waals surface area contributed by atoms with E-state index in [0.29, 0.717) is 16.1 Å². The van der Waals surface area contributed by atoms with Crippen LogP contribution in [0.2, 0.25) is 5.02 Å². The van der Waals surface area contributed by atoms with Crippen LogP contribution in [-0.4, -0.2) is 4.98 Å². The van der Waals surface area contributed by atoms with Gasteiger partial charge in [0.1, 0.15) is 0 Å². The highest BCUT2D eigenvalue weighted by atomic mass is 35.5. The molecule has 4 heteroatoms. The van der Waals surface area contributed by atoms with E-state index in [0.717, 1.165) is 10.9 Å². The third kappa shape index (κ3) is 1.54. The minimum atomic E-state index is -0.157. The Labute approximate surface area is 91.9 Å². The minimum absolute atomic E-state index is 0.157. The van der Waals surface area contributed by atoms with Crippen LogP contribution in [0.5, 0.6) is 0 Å². The van der Waals surface area contributed by atoms with Gasteiger partial charge in [0, 0.05) is 17.5 Å². The van der Waals surface area contributed by atoms with Gasteiger partial charge in [0.25, 0.3) is 5.56 Å². The van der Waals surface area contributed by atoms with Gasteiger partial charge in [-0.2, -0.15) is 0 Å². The first-order valence-electron chi connectivity index (χ1n) is 4.65. The molecule has 0 aliphatic carbocycles. The predicted molar refractivity (Wildman–Crippen MR) is 62.2 cm³/mol. The zero-order valence-corrected chi connectivity index (χ0v) is 9.06. The number of aromatic nitrogens is 1. The molecular formula is C11H11ClN2O. The summed E-state index contributed by atoms with van der Waals surface area (Å²) in [5.74, 6) is 0. The van der Waals surface area contributed by atoms with Gasteiger partial charge in [-0.05, 0) is 18.6 Å². The third-order valence-electron chi connectivity index (χ3n) is 2.59. The van der Waals surface area contributed by atoms with Gasteiger partial charge in [0.2, 0.25) is 0 Å². The Bertz CT molecular complexity index is 575. The van der Waals surface area contributed by atoms with Crippen molar-refractivity contribution in [3.63, 3.8) is 0 Å². The largest absolute Gasteiger partial charge is 0.326 e. The summed E-state index contributed by atoms with van der Waals surface area (Å²) < 4.78 is 0. The lowest BCUT2D eigenvalue weighted by Gasteiger charge is -2.07. The molecular weight excluding hydrogens is 212 g/mol. The Morgan fingerprint density at radius 3 is 2.87 bits per heavy atom. The standard InChI is InChI=1S/C11H11ClN2O/c1-6-7-3-2-4-9(12)10(7)14-11(15)8(6)5-13/h2-4H,5,13H2,1H3,(H,14,15). The molecule has 15 heavy (non-hydrogen) atoms. The molecule has 0 aliphatic rings. The molecule has 78 valence electrons. The maximum atomic E-state index is 11.6. The van der Waals surface area contributed by atoms with Crippen molar-refractivity contribution in [2.45, 2.75) is 13.5 Å². The van der Waals surface area contributed by atoms with Crippen LogP contribution in [0.3, 0.4) is 0 Å². The fourth-order valence-corrected chi connectivity index (χ4v) is 1.95. The van der Waals surface area contributed by atoms with Gasteiger partial charge in [0.05, 0.1) is 10.5 Å². The lowest BCUT2D eigenvalue weighted by atomic mass is 10.1. The Morgan fingerprint density at radius 2 is 2.20 bits per heavy atom. The quantitative estimate of drug-likeness (QED) is 0.775. The number of hydrogen-bond donors (Lipinski definition) is 2. The summed E-state index contributed by atoms with van der Waals surface area (Å²) in [6.45, 7) is 2.12. The number of para-hydroxylation sites is 1. The Morgan fingerprint density at radius 1 is 1.47 bits per heavy atom. The molecule has 0 fully saturated rings. The number of fused-ring (bicyclic) bond motifs is 1. The maximum absolute atomic E-state index is 11.6. The van der Waals surface area contributed by atoms with Crippen LogP contribution in [0.15, 0.2) is 23.0 Å². The van der Waals surface area contributed by atoms with Crippen LogP contribution in [0.25, 0.3) is 10.9 Å². The molecule has 0 saturated heterocycles. The molecule has 2 aromatic rings. The summed E-state index contributed by atoms with van der Waals surface area (Å²) in [6.07, 6.45) is 0.